The smallest absolute Gasteiger partial charge is 0.387 e. The molecule has 0 atom stereocenters. The zero-order chi connectivity index (χ0) is 25.2. The van der Waals surface area contributed by atoms with Gasteiger partial charge < -0.3 is 24.6 Å². The Bertz CT molecular complexity index is 1010. The van der Waals surface area contributed by atoms with E-state index in [1.165, 1.54) is 23.1 Å². The maximum atomic E-state index is 12.8. The van der Waals surface area contributed by atoms with Crippen molar-refractivity contribution in [2.75, 3.05) is 39.3 Å². The van der Waals surface area contributed by atoms with Crippen molar-refractivity contribution < 1.29 is 32.6 Å². The van der Waals surface area contributed by atoms with Crippen LogP contribution in [0.3, 0.4) is 0 Å². The number of alkyl halides is 2. The minimum Gasteiger partial charge on any atom is -0.494 e. The van der Waals surface area contributed by atoms with Gasteiger partial charge in [-0.25, -0.2) is 0 Å². The molecule has 0 unspecified atom stereocenters. The third-order valence-corrected chi connectivity index (χ3v) is 5.54. The molecule has 8 nitrogen and oxygen atoms in total. The van der Waals surface area contributed by atoms with Crippen LogP contribution in [0.25, 0.3) is 0 Å². The maximum Gasteiger partial charge on any atom is 0.387 e. The van der Waals surface area contributed by atoms with E-state index >= 15 is 0 Å². The van der Waals surface area contributed by atoms with Crippen molar-refractivity contribution in [3.05, 3.63) is 59.7 Å². The van der Waals surface area contributed by atoms with Crippen LogP contribution in [0.15, 0.2) is 48.5 Å². The van der Waals surface area contributed by atoms with Crippen molar-refractivity contribution in [1.29, 1.82) is 0 Å². The van der Waals surface area contributed by atoms with Gasteiger partial charge in [-0.3, -0.25) is 14.4 Å². The largest absolute Gasteiger partial charge is 0.494 e. The van der Waals surface area contributed by atoms with Gasteiger partial charge in [0.25, 0.3) is 11.8 Å². The summed E-state index contributed by atoms with van der Waals surface area (Å²) in [6.07, 6.45) is 1.98. The van der Waals surface area contributed by atoms with Crippen LogP contribution < -0.4 is 14.8 Å². The highest BCUT2D eigenvalue weighted by molar-refractivity contribution is 5.97. The highest BCUT2D eigenvalue weighted by Crippen LogP contribution is 2.22. The average molecular weight is 490 g/mol. The summed E-state index contributed by atoms with van der Waals surface area (Å²) in [5, 5.41) is 2.61. The molecule has 0 spiro atoms. The SMILES string of the molecule is CCCCOc1ccc(C(=O)NCC(=O)N2CCN(C(=O)c3ccccc3OC(F)F)CC2)cc1. The van der Waals surface area contributed by atoms with E-state index in [1.54, 1.807) is 35.2 Å². The predicted octanol–water partition coefficient (Wildman–Crippen LogP) is 3.18. The standard InChI is InChI=1S/C25H29F2N3O5/c1-2-3-16-34-19-10-8-18(9-11-19)23(32)28-17-22(31)29-12-14-30(15-13-29)24(33)20-6-4-5-7-21(20)35-25(26)27/h4-11,25H,2-3,12-17H2,1H3,(H,28,32). The number of hydrogen-bond donors (Lipinski definition) is 1. The minimum atomic E-state index is -3.04. The normalized spacial score (nSPS) is 13.5. The Labute approximate surface area is 202 Å². The van der Waals surface area contributed by atoms with Crippen LogP contribution in [-0.4, -0.2) is 73.5 Å². The molecule has 1 fully saturated rings. The lowest BCUT2D eigenvalue weighted by Gasteiger charge is -2.35. The van der Waals surface area contributed by atoms with Crippen LogP contribution in [0.4, 0.5) is 8.78 Å². The van der Waals surface area contributed by atoms with E-state index in [9.17, 15) is 23.2 Å². The molecule has 3 rings (SSSR count). The molecule has 3 amide bonds. The Balaban J connectivity index is 1.46. The van der Waals surface area contributed by atoms with Gasteiger partial charge in [0.2, 0.25) is 5.91 Å². The van der Waals surface area contributed by atoms with Crippen LogP contribution in [0.5, 0.6) is 11.5 Å². The van der Waals surface area contributed by atoms with E-state index in [0.29, 0.717) is 17.9 Å². The summed E-state index contributed by atoms with van der Waals surface area (Å²) in [4.78, 5) is 40.7. The lowest BCUT2D eigenvalue weighted by molar-refractivity contribution is -0.131. The fourth-order valence-electron chi connectivity index (χ4n) is 3.58. The lowest BCUT2D eigenvalue weighted by Crippen LogP contribution is -2.52. The molecule has 0 aliphatic carbocycles. The number of rotatable bonds is 10. The summed E-state index contributed by atoms with van der Waals surface area (Å²) in [5.41, 5.74) is 0.461. The second-order valence-corrected chi connectivity index (χ2v) is 7.96. The number of nitrogens with zero attached hydrogens (tertiary/aromatic N) is 2. The quantitative estimate of drug-likeness (QED) is 0.518. The van der Waals surface area contributed by atoms with Gasteiger partial charge in [-0.05, 0) is 42.8 Å². The molecule has 1 aliphatic heterocycles. The third-order valence-electron chi connectivity index (χ3n) is 5.54. The zero-order valence-electron chi connectivity index (χ0n) is 19.5. The van der Waals surface area contributed by atoms with Gasteiger partial charge >= 0.3 is 6.61 Å². The summed E-state index contributed by atoms with van der Waals surface area (Å²) in [6.45, 7) is 0.488. The molecule has 1 saturated heterocycles. The summed E-state index contributed by atoms with van der Waals surface area (Å²) in [6, 6.07) is 12.5. The number of nitrogens with one attached hydrogen (secondary N) is 1. The number of benzene rings is 2. The summed E-state index contributed by atoms with van der Waals surface area (Å²) < 4.78 is 35.3. The molecular formula is C25H29F2N3O5. The number of hydrogen-bond acceptors (Lipinski definition) is 5. The van der Waals surface area contributed by atoms with E-state index in [0.717, 1.165) is 12.8 Å². The highest BCUT2D eigenvalue weighted by Gasteiger charge is 2.27. The van der Waals surface area contributed by atoms with Crippen LogP contribution in [-0.2, 0) is 4.79 Å². The van der Waals surface area contributed by atoms with Crippen LogP contribution >= 0.6 is 0 Å². The van der Waals surface area contributed by atoms with Crippen LogP contribution in [0.2, 0.25) is 0 Å². The second kappa shape index (κ2) is 12.7. The number of para-hydroxylation sites is 1. The average Bonchev–Trinajstić information content (AvgIpc) is 2.87. The van der Waals surface area contributed by atoms with Crippen LogP contribution in [0.1, 0.15) is 40.5 Å². The Kier molecular flexibility index (Phi) is 9.39. The molecule has 0 radical (unpaired) electrons. The minimum absolute atomic E-state index is 0.0432. The number of piperazine rings is 1. The van der Waals surface area contributed by atoms with Gasteiger partial charge in [0.05, 0.1) is 18.7 Å². The number of carbonyl (C=O) groups is 3. The van der Waals surface area contributed by atoms with Crippen molar-refractivity contribution >= 4 is 17.7 Å². The Morgan fingerprint density at radius 3 is 2.29 bits per heavy atom. The first-order valence-corrected chi connectivity index (χ1v) is 11.5. The van der Waals surface area contributed by atoms with E-state index in [-0.39, 0.29) is 55.9 Å². The summed E-state index contributed by atoms with van der Waals surface area (Å²) in [5.74, 6) is -0.589. The van der Waals surface area contributed by atoms with Crippen molar-refractivity contribution in [3.63, 3.8) is 0 Å². The van der Waals surface area contributed by atoms with E-state index in [1.807, 2.05) is 0 Å². The first kappa shape index (κ1) is 25.9. The van der Waals surface area contributed by atoms with Gasteiger partial charge in [-0.1, -0.05) is 25.5 Å². The van der Waals surface area contributed by atoms with Gasteiger partial charge in [-0.2, -0.15) is 8.78 Å². The molecule has 1 heterocycles. The van der Waals surface area contributed by atoms with Crippen molar-refractivity contribution in [1.82, 2.24) is 15.1 Å². The molecule has 188 valence electrons. The number of unbranched alkanes of at least 4 members (excludes halogenated alkanes) is 1. The molecule has 0 aromatic heterocycles. The molecule has 2 aromatic carbocycles. The Hall–Kier alpha value is -3.69. The molecule has 2 aromatic rings. The highest BCUT2D eigenvalue weighted by atomic mass is 19.3. The van der Waals surface area contributed by atoms with Crippen molar-refractivity contribution in [2.45, 2.75) is 26.4 Å². The Morgan fingerprint density at radius 2 is 1.63 bits per heavy atom. The molecule has 35 heavy (non-hydrogen) atoms. The first-order chi connectivity index (χ1) is 16.9. The van der Waals surface area contributed by atoms with Gasteiger partial charge in [0, 0.05) is 31.7 Å². The second-order valence-electron chi connectivity index (χ2n) is 7.96. The molecule has 1 aliphatic rings. The molecular weight excluding hydrogens is 460 g/mol. The summed E-state index contributed by atoms with van der Waals surface area (Å²) in [7, 11) is 0. The predicted molar refractivity (Wildman–Crippen MR) is 125 cm³/mol. The van der Waals surface area contributed by atoms with Gasteiger partial charge in [0.15, 0.2) is 0 Å². The monoisotopic (exact) mass is 489 g/mol. The summed E-state index contributed by atoms with van der Waals surface area (Å²) >= 11 is 0. The van der Waals surface area contributed by atoms with E-state index < -0.39 is 12.5 Å². The fourth-order valence-corrected chi connectivity index (χ4v) is 3.58. The fraction of sp³-hybridized carbons (Fsp3) is 0.400. The van der Waals surface area contributed by atoms with Gasteiger partial charge in [-0.15, -0.1) is 0 Å². The third kappa shape index (κ3) is 7.40. The molecule has 0 saturated carbocycles. The molecule has 1 N–H and O–H groups in total. The topological polar surface area (TPSA) is 88.2 Å². The lowest BCUT2D eigenvalue weighted by atomic mass is 10.1. The maximum absolute atomic E-state index is 12.8. The first-order valence-electron chi connectivity index (χ1n) is 11.5. The number of amides is 3. The number of halogens is 2. The Morgan fingerprint density at radius 1 is 0.971 bits per heavy atom. The van der Waals surface area contributed by atoms with E-state index in [4.69, 9.17) is 4.74 Å². The van der Waals surface area contributed by atoms with Crippen LogP contribution in [0, 0.1) is 0 Å². The number of carbonyl (C=O) groups excluding carboxylic acids is 3. The number of ether oxygens (including phenoxy) is 2. The van der Waals surface area contributed by atoms with Gasteiger partial charge in [0.1, 0.15) is 11.5 Å². The molecule has 10 heteroatoms. The van der Waals surface area contributed by atoms with E-state index in [2.05, 4.69) is 17.0 Å². The molecule has 0 bridgehead atoms. The van der Waals surface area contributed by atoms with Crippen molar-refractivity contribution in [2.24, 2.45) is 0 Å². The van der Waals surface area contributed by atoms with Crippen molar-refractivity contribution in [3.8, 4) is 11.5 Å². The zero-order valence-corrected chi connectivity index (χ0v) is 19.5.